The molecule has 0 unspecified atom stereocenters. The lowest BCUT2D eigenvalue weighted by atomic mass is 9.83. The van der Waals surface area contributed by atoms with Crippen LogP contribution in [-0.4, -0.2) is 36.0 Å². The molecule has 1 N–H and O–H groups in total. The van der Waals surface area contributed by atoms with E-state index >= 15 is 0 Å². The second kappa shape index (κ2) is 5.09. The van der Waals surface area contributed by atoms with Crippen molar-refractivity contribution in [2.45, 2.75) is 44.1 Å². The van der Waals surface area contributed by atoms with Crippen LogP contribution in [0.5, 0.6) is 0 Å². The SMILES string of the molecule is CC(C)(C(=O)NC1(CN2CCC2)CC1)c1cccc(F)c1. The maximum absolute atomic E-state index is 13.4. The van der Waals surface area contributed by atoms with E-state index in [-0.39, 0.29) is 17.3 Å². The number of benzene rings is 1. The Balaban J connectivity index is 1.69. The van der Waals surface area contributed by atoms with Gasteiger partial charge < -0.3 is 10.2 Å². The summed E-state index contributed by atoms with van der Waals surface area (Å²) in [5.74, 6) is -0.304. The van der Waals surface area contributed by atoms with Crippen LogP contribution in [0.15, 0.2) is 24.3 Å². The predicted octanol–water partition coefficient (Wildman–Crippen LogP) is 2.46. The third kappa shape index (κ3) is 2.95. The molecule has 0 bridgehead atoms. The van der Waals surface area contributed by atoms with Gasteiger partial charge in [-0.2, -0.15) is 0 Å². The lowest BCUT2D eigenvalue weighted by molar-refractivity contribution is -0.126. The summed E-state index contributed by atoms with van der Waals surface area (Å²) in [6.45, 7) is 6.96. The van der Waals surface area contributed by atoms with Gasteiger partial charge in [0.05, 0.1) is 11.0 Å². The molecule has 0 radical (unpaired) electrons. The van der Waals surface area contributed by atoms with Crippen molar-refractivity contribution in [2.75, 3.05) is 19.6 Å². The number of hydrogen-bond acceptors (Lipinski definition) is 2. The first kappa shape index (κ1) is 14.5. The van der Waals surface area contributed by atoms with Crippen LogP contribution < -0.4 is 5.32 Å². The summed E-state index contributed by atoms with van der Waals surface area (Å²) in [6, 6.07) is 6.34. The lowest BCUT2D eigenvalue weighted by Crippen LogP contribution is -2.53. The molecule has 2 fully saturated rings. The van der Waals surface area contributed by atoms with Crippen molar-refractivity contribution in [1.82, 2.24) is 10.2 Å². The zero-order valence-corrected chi connectivity index (χ0v) is 12.8. The number of carbonyl (C=O) groups excluding carboxylic acids is 1. The van der Waals surface area contributed by atoms with E-state index in [0.29, 0.717) is 0 Å². The number of carbonyl (C=O) groups is 1. The molecule has 3 rings (SSSR count). The Morgan fingerprint density at radius 2 is 2.10 bits per heavy atom. The molecule has 21 heavy (non-hydrogen) atoms. The number of hydrogen-bond donors (Lipinski definition) is 1. The molecule has 0 spiro atoms. The van der Waals surface area contributed by atoms with Crippen LogP contribution in [0.1, 0.15) is 38.7 Å². The highest BCUT2D eigenvalue weighted by molar-refractivity contribution is 5.88. The highest BCUT2D eigenvalue weighted by Crippen LogP contribution is 2.38. The fourth-order valence-corrected chi connectivity index (χ4v) is 2.85. The number of nitrogens with zero attached hydrogens (tertiary/aromatic N) is 1. The highest BCUT2D eigenvalue weighted by atomic mass is 19.1. The van der Waals surface area contributed by atoms with E-state index in [1.54, 1.807) is 6.07 Å². The molecule has 1 aromatic rings. The maximum Gasteiger partial charge on any atom is 0.230 e. The Bertz CT molecular complexity index is 547. The Morgan fingerprint density at radius 1 is 1.38 bits per heavy atom. The van der Waals surface area contributed by atoms with E-state index in [1.165, 1.54) is 18.6 Å². The molecular weight excluding hydrogens is 267 g/mol. The van der Waals surface area contributed by atoms with E-state index in [2.05, 4.69) is 10.2 Å². The standard InChI is InChI=1S/C17H23FN2O/c1-16(2,13-5-3-6-14(18)11-13)15(21)19-17(7-8-17)12-20-9-4-10-20/h3,5-6,11H,4,7-10,12H2,1-2H3,(H,19,21). The van der Waals surface area contributed by atoms with Gasteiger partial charge in [0.2, 0.25) is 5.91 Å². The smallest absolute Gasteiger partial charge is 0.230 e. The Morgan fingerprint density at radius 3 is 2.62 bits per heavy atom. The monoisotopic (exact) mass is 290 g/mol. The normalized spacial score (nSPS) is 20.7. The molecule has 1 amide bonds. The molecule has 1 aliphatic carbocycles. The van der Waals surface area contributed by atoms with Gasteiger partial charge in [-0.1, -0.05) is 12.1 Å². The number of rotatable bonds is 5. The van der Waals surface area contributed by atoms with Gasteiger partial charge in [0.15, 0.2) is 0 Å². The van der Waals surface area contributed by atoms with Crippen LogP contribution >= 0.6 is 0 Å². The molecule has 0 atom stereocenters. The molecule has 1 saturated carbocycles. The molecule has 1 heterocycles. The average molecular weight is 290 g/mol. The average Bonchev–Trinajstić information content (AvgIpc) is 3.14. The second-order valence-corrected chi connectivity index (χ2v) is 7.00. The Labute approximate surface area is 125 Å². The van der Waals surface area contributed by atoms with Crippen LogP contribution in [0.3, 0.4) is 0 Å². The molecule has 2 aliphatic rings. The first-order chi connectivity index (χ1) is 9.91. The third-order valence-corrected chi connectivity index (χ3v) is 4.82. The first-order valence-corrected chi connectivity index (χ1v) is 7.72. The minimum Gasteiger partial charge on any atom is -0.349 e. The summed E-state index contributed by atoms with van der Waals surface area (Å²) in [5.41, 5.74) is -0.0332. The Hall–Kier alpha value is -1.42. The van der Waals surface area contributed by atoms with Gasteiger partial charge in [0, 0.05) is 6.54 Å². The molecule has 0 aromatic heterocycles. The minimum atomic E-state index is -0.716. The van der Waals surface area contributed by atoms with Crippen LogP contribution in [0.25, 0.3) is 0 Å². The van der Waals surface area contributed by atoms with Crippen LogP contribution in [0.2, 0.25) is 0 Å². The highest BCUT2D eigenvalue weighted by Gasteiger charge is 2.48. The molecule has 3 nitrogen and oxygen atoms in total. The van der Waals surface area contributed by atoms with Crippen molar-refractivity contribution in [3.05, 3.63) is 35.6 Å². The number of amides is 1. The topological polar surface area (TPSA) is 32.3 Å². The molecule has 1 aromatic carbocycles. The second-order valence-electron chi connectivity index (χ2n) is 7.00. The van der Waals surface area contributed by atoms with Gasteiger partial charge in [-0.05, 0) is 63.9 Å². The summed E-state index contributed by atoms with van der Waals surface area (Å²) < 4.78 is 13.4. The van der Waals surface area contributed by atoms with E-state index in [1.807, 2.05) is 19.9 Å². The zero-order chi connectivity index (χ0) is 15.1. The van der Waals surface area contributed by atoms with Gasteiger partial charge in [0.1, 0.15) is 5.82 Å². The van der Waals surface area contributed by atoms with Crippen LogP contribution in [0.4, 0.5) is 4.39 Å². The summed E-state index contributed by atoms with van der Waals surface area (Å²) in [6.07, 6.45) is 3.36. The van der Waals surface area contributed by atoms with E-state index < -0.39 is 5.41 Å². The Kier molecular flexibility index (Phi) is 3.52. The maximum atomic E-state index is 13.4. The zero-order valence-electron chi connectivity index (χ0n) is 12.8. The van der Waals surface area contributed by atoms with Gasteiger partial charge in [0.25, 0.3) is 0 Å². The number of nitrogens with one attached hydrogen (secondary N) is 1. The van der Waals surface area contributed by atoms with Gasteiger partial charge >= 0.3 is 0 Å². The summed E-state index contributed by atoms with van der Waals surface area (Å²) in [5, 5.41) is 3.22. The van der Waals surface area contributed by atoms with Gasteiger partial charge in [-0.15, -0.1) is 0 Å². The van der Waals surface area contributed by atoms with Crippen molar-refractivity contribution >= 4 is 5.91 Å². The number of likely N-dealkylation sites (tertiary alicyclic amines) is 1. The van der Waals surface area contributed by atoms with Crippen molar-refractivity contribution in [3.8, 4) is 0 Å². The molecular formula is C17H23FN2O. The number of halogens is 1. The molecule has 114 valence electrons. The fourth-order valence-electron chi connectivity index (χ4n) is 2.85. The van der Waals surface area contributed by atoms with Crippen molar-refractivity contribution < 1.29 is 9.18 Å². The fraction of sp³-hybridized carbons (Fsp3) is 0.588. The largest absolute Gasteiger partial charge is 0.349 e. The van der Waals surface area contributed by atoms with Crippen molar-refractivity contribution in [2.24, 2.45) is 0 Å². The minimum absolute atomic E-state index is 0.00822. The van der Waals surface area contributed by atoms with Crippen molar-refractivity contribution in [3.63, 3.8) is 0 Å². The first-order valence-electron chi connectivity index (χ1n) is 7.72. The van der Waals surface area contributed by atoms with Crippen molar-refractivity contribution in [1.29, 1.82) is 0 Å². The van der Waals surface area contributed by atoms with Crippen LogP contribution in [-0.2, 0) is 10.2 Å². The van der Waals surface area contributed by atoms with E-state index in [4.69, 9.17) is 0 Å². The van der Waals surface area contributed by atoms with Gasteiger partial charge in [-0.3, -0.25) is 4.79 Å². The molecule has 4 heteroatoms. The van der Waals surface area contributed by atoms with E-state index in [0.717, 1.165) is 38.0 Å². The van der Waals surface area contributed by atoms with Gasteiger partial charge in [-0.25, -0.2) is 4.39 Å². The quantitative estimate of drug-likeness (QED) is 0.903. The summed E-state index contributed by atoms with van der Waals surface area (Å²) >= 11 is 0. The summed E-state index contributed by atoms with van der Waals surface area (Å²) in [7, 11) is 0. The molecule has 1 aliphatic heterocycles. The summed E-state index contributed by atoms with van der Waals surface area (Å²) in [4.78, 5) is 15.1. The van der Waals surface area contributed by atoms with E-state index in [9.17, 15) is 9.18 Å². The third-order valence-electron chi connectivity index (χ3n) is 4.82. The predicted molar refractivity (Wildman–Crippen MR) is 80.6 cm³/mol. The van der Waals surface area contributed by atoms with Crippen LogP contribution in [0, 0.1) is 5.82 Å². The molecule has 1 saturated heterocycles. The lowest BCUT2D eigenvalue weighted by Gasteiger charge is -2.36.